The number of carbonyl (C=O) groups is 3. The van der Waals surface area contributed by atoms with Crippen LogP contribution in [0.1, 0.15) is 44.7 Å². The summed E-state index contributed by atoms with van der Waals surface area (Å²) in [5.41, 5.74) is -0.474. The van der Waals surface area contributed by atoms with Gasteiger partial charge in [0.05, 0.1) is 18.4 Å². The van der Waals surface area contributed by atoms with Crippen LogP contribution in [-0.4, -0.2) is 47.0 Å². The number of likely N-dealkylation sites (tertiary alicyclic amines) is 1. The molecule has 0 aliphatic carbocycles. The third kappa shape index (κ3) is 3.00. The van der Waals surface area contributed by atoms with Crippen molar-refractivity contribution in [1.29, 1.82) is 0 Å². The lowest BCUT2D eigenvalue weighted by molar-refractivity contribution is -0.156. The highest BCUT2D eigenvalue weighted by atomic mass is 16.5. The van der Waals surface area contributed by atoms with Gasteiger partial charge in [0.25, 0.3) is 0 Å². The molecule has 2 N–H and O–H groups in total. The quantitative estimate of drug-likeness (QED) is 0.582. The second-order valence-corrected chi connectivity index (χ2v) is 7.25. The summed E-state index contributed by atoms with van der Waals surface area (Å²) in [5.74, 6) is -2.47. The molecule has 0 saturated carbocycles. The molecule has 146 valence electrons. The molecule has 2 amide bonds. The predicted octanol–water partition coefficient (Wildman–Crippen LogP) is 1.76. The van der Waals surface area contributed by atoms with Gasteiger partial charge in [-0.3, -0.25) is 24.6 Å². The van der Waals surface area contributed by atoms with Crippen LogP contribution in [0.3, 0.4) is 0 Å². The van der Waals surface area contributed by atoms with Crippen molar-refractivity contribution in [2.75, 3.05) is 13.7 Å². The highest BCUT2D eigenvalue weighted by Crippen LogP contribution is 2.50. The van der Waals surface area contributed by atoms with Crippen LogP contribution in [0.4, 0.5) is 0 Å². The number of esters is 1. The van der Waals surface area contributed by atoms with Crippen molar-refractivity contribution in [2.45, 2.75) is 44.7 Å². The smallest absolute Gasteiger partial charge is 0.327 e. The minimum atomic E-state index is -1.23. The van der Waals surface area contributed by atoms with Crippen LogP contribution < -0.4 is 5.32 Å². The van der Waals surface area contributed by atoms with Crippen molar-refractivity contribution in [1.82, 2.24) is 10.2 Å². The molecule has 0 spiro atoms. The molecule has 2 aliphatic heterocycles. The fraction of sp³-hybridized carbons (Fsp3) is 0.550. The van der Waals surface area contributed by atoms with Gasteiger partial charge in [-0.2, -0.15) is 0 Å². The number of unbranched alkanes of at least 4 members (excludes halogenated alkanes) is 1. The standard InChI is InChI=1S/C20H26N2O5/c1-4-6-11-20(19(26)27-5-2)15-14(17(24)22(3)18(15)25)16(21-20)12-7-9-13(23)10-8-12/h7-10,14-16,21,23H,4-6,11H2,1-3H3/t14-,15-,16+,20-/m0/s1. The molecule has 0 bridgehead atoms. The Balaban J connectivity index is 2.10. The number of nitrogens with zero attached hydrogens (tertiary/aromatic N) is 1. The van der Waals surface area contributed by atoms with Crippen molar-refractivity contribution in [2.24, 2.45) is 11.8 Å². The normalized spacial score (nSPS) is 29.9. The van der Waals surface area contributed by atoms with E-state index in [0.717, 1.165) is 23.3 Å². The molecule has 0 unspecified atom stereocenters. The molecule has 1 aromatic rings. The maximum atomic E-state index is 13.0. The second-order valence-electron chi connectivity index (χ2n) is 7.25. The predicted molar refractivity (Wildman–Crippen MR) is 97.6 cm³/mol. The van der Waals surface area contributed by atoms with E-state index in [1.54, 1.807) is 19.1 Å². The number of amides is 2. The van der Waals surface area contributed by atoms with Crippen molar-refractivity contribution in [3.05, 3.63) is 29.8 Å². The Morgan fingerprint density at radius 3 is 2.48 bits per heavy atom. The number of phenolic OH excluding ortho intramolecular Hbond substituents is 1. The number of nitrogens with one attached hydrogen (secondary N) is 1. The first kappa shape index (κ1) is 19.4. The summed E-state index contributed by atoms with van der Waals surface area (Å²) in [5, 5.41) is 12.9. The number of fused-ring (bicyclic) bond motifs is 1. The molecule has 0 radical (unpaired) electrons. The van der Waals surface area contributed by atoms with Crippen LogP contribution in [0, 0.1) is 11.8 Å². The average Bonchev–Trinajstić information content (AvgIpc) is 3.11. The van der Waals surface area contributed by atoms with Gasteiger partial charge >= 0.3 is 5.97 Å². The van der Waals surface area contributed by atoms with Crippen LogP contribution >= 0.6 is 0 Å². The van der Waals surface area contributed by atoms with E-state index >= 15 is 0 Å². The zero-order chi connectivity index (χ0) is 19.8. The summed E-state index contributed by atoms with van der Waals surface area (Å²) >= 11 is 0. The van der Waals surface area contributed by atoms with Crippen LogP contribution in [0.25, 0.3) is 0 Å². The number of imide groups is 1. The number of phenols is 1. The number of ether oxygens (including phenoxy) is 1. The first-order valence-electron chi connectivity index (χ1n) is 9.42. The summed E-state index contributed by atoms with van der Waals surface area (Å²) in [4.78, 5) is 39.9. The van der Waals surface area contributed by atoms with Crippen LogP contribution in [-0.2, 0) is 19.1 Å². The molecule has 7 heteroatoms. The Morgan fingerprint density at radius 2 is 1.89 bits per heavy atom. The van der Waals surface area contributed by atoms with E-state index < -0.39 is 29.4 Å². The first-order valence-corrected chi connectivity index (χ1v) is 9.42. The molecular formula is C20H26N2O5. The van der Waals surface area contributed by atoms with Crippen LogP contribution in [0.5, 0.6) is 5.75 Å². The Bertz CT molecular complexity index is 747. The third-order valence-electron chi connectivity index (χ3n) is 5.69. The number of rotatable bonds is 6. The SMILES string of the molecule is CCCC[C@]1(C(=O)OCC)N[C@H](c2ccc(O)cc2)[C@H]2C(=O)N(C)C(=O)[C@H]21. The summed E-state index contributed by atoms with van der Waals surface area (Å²) in [6.07, 6.45) is 2.00. The summed E-state index contributed by atoms with van der Waals surface area (Å²) in [6, 6.07) is 5.99. The van der Waals surface area contributed by atoms with E-state index in [2.05, 4.69) is 5.32 Å². The molecular weight excluding hydrogens is 348 g/mol. The summed E-state index contributed by atoms with van der Waals surface area (Å²) < 4.78 is 5.33. The minimum absolute atomic E-state index is 0.113. The molecule has 2 saturated heterocycles. The highest BCUT2D eigenvalue weighted by Gasteiger charge is 2.67. The lowest BCUT2D eigenvalue weighted by atomic mass is 9.76. The topological polar surface area (TPSA) is 95.9 Å². The van der Waals surface area contributed by atoms with E-state index in [-0.39, 0.29) is 24.2 Å². The number of hydrogen-bond donors (Lipinski definition) is 2. The van der Waals surface area contributed by atoms with E-state index in [1.165, 1.54) is 19.2 Å². The molecule has 4 atom stereocenters. The lowest BCUT2D eigenvalue weighted by Crippen LogP contribution is -2.56. The Labute approximate surface area is 158 Å². The van der Waals surface area contributed by atoms with Crippen molar-refractivity contribution >= 4 is 17.8 Å². The summed E-state index contributed by atoms with van der Waals surface area (Å²) in [6.45, 7) is 3.94. The number of carbonyl (C=O) groups excluding carboxylic acids is 3. The zero-order valence-electron chi connectivity index (χ0n) is 15.9. The monoisotopic (exact) mass is 374 g/mol. The van der Waals surface area contributed by atoms with E-state index in [0.29, 0.717) is 6.42 Å². The van der Waals surface area contributed by atoms with Gasteiger partial charge in [-0.25, -0.2) is 0 Å². The average molecular weight is 374 g/mol. The van der Waals surface area contributed by atoms with E-state index in [1.807, 2.05) is 6.92 Å². The molecule has 1 aromatic carbocycles. The minimum Gasteiger partial charge on any atom is -0.508 e. The number of benzene rings is 1. The number of hydrogen-bond acceptors (Lipinski definition) is 6. The van der Waals surface area contributed by atoms with Gasteiger partial charge in [0, 0.05) is 13.1 Å². The lowest BCUT2D eigenvalue weighted by Gasteiger charge is -2.32. The molecule has 0 aromatic heterocycles. The molecule has 2 fully saturated rings. The van der Waals surface area contributed by atoms with Gasteiger partial charge in [-0.05, 0) is 31.0 Å². The first-order chi connectivity index (χ1) is 12.9. The Kier molecular flexibility index (Phi) is 5.24. The van der Waals surface area contributed by atoms with Crippen molar-refractivity contribution < 1.29 is 24.2 Å². The van der Waals surface area contributed by atoms with Gasteiger partial charge in [-0.1, -0.05) is 31.9 Å². The van der Waals surface area contributed by atoms with Crippen LogP contribution in [0.15, 0.2) is 24.3 Å². The molecule has 7 nitrogen and oxygen atoms in total. The van der Waals surface area contributed by atoms with Crippen LogP contribution in [0.2, 0.25) is 0 Å². The largest absolute Gasteiger partial charge is 0.508 e. The maximum Gasteiger partial charge on any atom is 0.327 e. The number of aromatic hydroxyl groups is 1. The fourth-order valence-electron chi connectivity index (χ4n) is 4.35. The Morgan fingerprint density at radius 1 is 1.22 bits per heavy atom. The van der Waals surface area contributed by atoms with Gasteiger partial charge in [0.15, 0.2) is 0 Å². The van der Waals surface area contributed by atoms with E-state index in [9.17, 15) is 19.5 Å². The van der Waals surface area contributed by atoms with E-state index in [4.69, 9.17) is 4.74 Å². The third-order valence-corrected chi connectivity index (χ3v) is 5.69. The van der Waals surface area contributed by atoms with Crippen molar-refractivity contribution in [3.63, 3.8) is 0 Å². The highest BCUT2D eigenvalue weighted by molar-refractivity contribution is 6.09. The summed E-state index contributed by atoms with van der Waals surface area (Å²) in [7, 11) is 1.46. The molecule has 2 heterocycles. The maximum absolute atomic E-state index is 13.0. The van der Waals surface area contributed by atoms with Crippen molar-refractivity contribution in [3.8, 4) is 5.75 Å². The van der Waals surface area contributed by atoms with Gasteiger partial charge in [-0.15, -0.1) is 0 Å². The second kappa shape index (κ2) is 7.31. The van der Waals surface area contributed by atoms with Gasteiger partial charge in [0.2, 0.25) is 11.8 Å². The van der Waals surface area contributed by atoms with Gasteiger partial charge in [0.1, 0.15) is 11.3 Å². The molecule has 3 rings (SSSR count). The zero-order valence-corrected chi connectivity index (χ0v) is 15.9. The molecule has 2 aliphatic rings. The molecule has 27 heavy (non-hydrogen) atoms. The fourth-order valence-corrected chi connectivity index (χ4v) is 4.35. The Hall–Kier alpha value is -2.41. The van der Waals surface area contributed by atoms with Gasteiger partial charge < -0.3 is 9.84 Å².